The molecule has 1 aromatic heterocycles. The van der Waals surface area contributed by atoms with Gasteiger partial charge in [0.1, 0.15) is 0 Å². The maximum atomic E-state index is 5.38. The van der Waals surface area contributed by atoms with Crippen LogP contribution < -0.4 is 5.73 Å². The van der Waals surface area contributed by atoms with Gasteiger partial charge in [-0.15, -0.1) is 6.58 Å². The van der Waals surface area contributed by atoms with Crippen LogP contribution in [0.1, 0.15) is 11.3 Å². The Morgan fingerprint density at radius 1 is 1.73 bits per heavy atom. The molecule has 0 saturated carbocycles. The molecule has 1 heterocycles. The van der Waals surface area contributed by atoms with Gasteiger partial charge in [-0.25, -0.2) is 9.97 Å². The first-order valence-electron chi connectivity index (χ1n) is 3.43. The predicted molar refractivity (Wildman–Crippen MR) is 45.1 cm³/mol. The van der Waals surface area contributed by atoms with Gasteiger partial charge in [0.15, 0.2) is 0 Å². The van der Waals surface area contributed by atoms with Gasteiger partial charge in [-0.1, -0.05) is 6.08 Å². The first-order chi connectivity index (χ1) is 5.24. The molecule has 3 nitrogen and oxygen atoms in total. The van der Waals surface area contributed by atoms with Crippen molar-refractivity contribution in [3.05, 3.63) is 30.1 Å². The van der Waals surface area contributed by atoms with E-state index in [1.807, 2.05) is 13.0 Å². The lowest BCUT2D eigenvalue weighted by molar-refractivity contribution is 1.04. The fourth-order valence-corrected chi connectivity index (χ4v) is 0.866. The number of hydrogen-bond acceptors (Lipinski definition) is 3. The molecule has 0 aromatic carbocycles. The van der Waals surface area contributed by atoms with Gasteiger partial charge in [0.25, 0.3) is 0 Å². The molecule has 0 spiro atoms. The first-order valence-corrected chi connectivity index (χ1v) is 3.43. The van der Waals surface area contributed by atoms with Gasteiger partial charge < -0.3 is 5.73 Å². The zero-order valence-electron chi connectivity index (χ0n) is 6.54. The molecule has 0 aliphatic rings. The predicted octanol–water partition coefficient (Wildman–Crippen LogP) is 1.10. The van der Waals surface area contributed by atoms with Gasteiger partial charge in [-0.05, 0) is 18.9 Å². The van der Waals surface area contributed by atoms with Crippen LogP contribution in [-0.4, -0.2) is 9.97 Å². The lowest BCUT2D eigenvalue weighted by Gasteiger charge is -2.00. The van der Waals surface area contributed by atoms with E-state index in [-0.39, 0.29) is 0 Å². The molecule has 2 N–H and O–H groups in total. The van der Waals surface area contributed by atoms with Crippen molar-refractivity contribution in [3.8, 4) is 0 Å². The minimum Gasteiger partial charge on any atom is -0.368 e. The molecule has 58 valence electrons. The van der Waals surface area contributed by atoms with E-state index in [9.17, 15) is 0 Å². The Morgan fingerprint density at radius 3 is 3.00 bits per heavy atom. The highest BCUT2D eigenvalue weighted by Gasteiger charge is 1.97. The Kier molecular flexibility index (Phi) is 2.21. The average molecular weight is 149 g/mol. The molecule has 1 aromatic rings. The summed E-state index contributed by atoms with van der Waals surface area (Å²) in [4.78, 5) is 7.89. The van der Waals surface area contributed by atoms with E-state index >= 15 is 0 Å². The van der Waals surface area contributed by atoms with Crippen LogP contribution in [0.5, 0.6) is 0 Å². The number of allylic oxidation sites excluding steroid dienone is 1. The van der Waals surface area contributed by atoms with E-state index in [0.29, 0.717) is 5.95 Å². The number of aryl methyl sites for hydroxylation is 1. The van der Waals surface area contributed by atoms with Crippen molar-refractivity contribution in [2.24, 2.45) is 0 Å². The van der Waals surface area contributed by atoms with Crippen LogP contribution in [-0.2, 0) is 6.42 Å². The Morgan fingerprint density at radius 2 is 2.45 bits per heavy atom. The van der Waals surface area contributed by atoms with Crippen LogP contribution in [0.2, 0.25) is 0 Å². The number of nitrogens with two attached hydrogens (primary N) is 1. The maximum Gasteiger partial charge on any atom is 0.220 e. The highest BCUT2D eigenvalue weighted by atomic mass is 15.0. The number of anilines is 1. The smallest absolute Gasteiger partial charge is 0.220 e. The van der Waals surface area contributed by atoms with Gasteiger partial charge in [-0.2, -0.15) is 0 Å². The number of rotatable bonds is 2. The van der Waals surface area contributed by atoms with Crippen LogP contribution in [0, 0.1) is 6.92 Å². The van der Waals surface area contributed by atoms with Crippen LogP contribution in [0.4, 0.5) is 5.95 Å². The SMILES string of the molecule is C=CCc1cnc(N)nc1C. The molecular weight excluding hydrogens is 138 g/mol. The lowest BCUT2D eigenvalue weighted by Crippen LogP contribution is -1.99. The number of nitrogen functional groups attached to an aromatic ring is 1. The second-order valence-corrected chi connectivity index (χ2v) is 2.33. The fraction of sp³-hybridized carbons (Fsp3) is 0.250. The van der Waals surface area contributed by atoms with Crippen LogP contribution in [0.15, 0.2) is 18.9 Å². The third-order valence-electron chi connectivity index (χ3n) is 1.46. The lowest BCUT2D eigenvalue weighted by atomic mass is 10.2. The summed E-state index contributed by atoms with van der Waals surface area (Å²) in [6.45, 7) is 5.55. The summed E-state index contributed by atoms with van der Waals surface area (Å²) in [5.41, 5.74) is 7.38. The van der Waals surface area contributed by atoms with Crippen molar-refractivity contribution >= 4 is 5.95 Å². The summed E-state index contributed by atoms with van der Waals surface area (Å²) in [7, 11) is 0. The van der Waals surface area contributed by atoms with E-state index in [1.54, 1.807) is 6.20 Å². The van der Waals surface area contributed by atoms with Crippen molar-refractivity contribution in [1.82, 2.24) is 9.97 Å². The number of hydrogen-bond donors (Lipinski definition) is 1. The normalized spacial score (nSPS) is 9.55. The molecule has 11 heavy (non-hydrogen) atoms. The molecule has 0 bridgehead atoms. The molecular formula is C8H11N3. The second kappa shape index (κ2) is 3.14. The molecule has 0 aliphatic heterocycles. The first kappa shape index (κ1) is 7.72. The Hall–Kier alpha value is -1.38. The Labute approximate surface area is 66.0 Å². The Balaban J connectivity index is 2.98. The van der Waals surface area contributed by atoms with Gasteiger partial charge in [-0.3, -0.25) is 0 Å². The van der Waals surface area contributed by atoms with Gasteiger partial charge >= 0.3 is 0 Å². The van der Waals surface area contributed by atoms with Crippen molar-refractivity contribution in [2.45, 2.75) is 13.3 Å². The zero-order valence-corrected chi connectivity index (χ0v) is 6.54. The van der Waals surface area contributed by atoms with Gasteiger partial charge in [0.05, 0.1) is 0 Å². The van der Waals surface area contributed by atoms with Crippen molar-refractivity contribution in [2.75, 3.05) is 5.73 Å². The summed E-state index contributed by atoms with van der Waals surface area (Å²) in [5.74, 6) is 0.329. The van der Waals surface area contributed by atoms with Crippen molar-refractivity contribution < 1.29 is 0 Å². The zero-order chi connectivity index (χ0) is 8.27. The molecule has 0 saturated heterocycles. The van der Waals surface area contributed by atoms with Crippen molar-refractivity contribution in [1.29, 1.82) is 0 Å². The van der Waals surface area contributed by atoms with E-state index in [1.165, 1.54) is 0 Å². The molecule has 0 atom stereocenters. The van der Waals surface area contributed by atoms with E-state index in [0.717, 1.165) is 17.7 Å². The minimum atomic E-state index is 0.329. The van der Waals surface area contributed by atoms with Gasteiger partial charge in [0, 0.05) is 11.9 Å². The van der Waals surface area contributed by atoms with Gasteiger partial charge in [0.2, 0.25) is 5.95 Å². The minimum absolute atomic E-state index is 0.329. The fourth-order valence-electron chi connectivity index (χ4n) is 0.866. The van der Waals surface area contributed by atoms with Crippen molar-refractivity contribution in [3.63, 3.8) is 0 Å². The van der Waals surface area contributed by atoms with Crippen LogP contribution in [0.25, 0.3) is 0 Å². The summed E-state index contributed by atoms with van der Waals surface area (Å²) in [6.07, 6.45) is 4.35. The second-order valence-electron chi connectivity index (χ2n) is 2.33. The molecule has 3 heteroatoms. The number of nitrogens with zero attached hydrogens (tertiary/aromatic N) is 2. The molecule has 0 aliphatic carbocycles. The highest BCUT2D eigenvalue weighted by molar-refractivity contribution is 5.25. The monoisotopic (exact) mass is 149 g/mol. The largest absolute Gasteiger partial charge is 0.368 e. The van der Waals surface area contributed by atoms with Crippen LogP contribution in [0.3, 0.4) is 0 Å². The third-order valence-corrected chi connectivity index (χ3v) is 1.46. The topological polar surface area (TPSA) is 51.8 Å². The third kappa shape index (κ3) is 1.77. The quantitative estimate of drug-likeness (QED) is 0.640. The summed E-state index contributed by atoms with van der Waals surface area (Å²) in [6, 6.07) is 0. The number of aromatic nitrogens is 2. The molecule has 0 unspecified atom stereocenters. The highest BCUT2D eigenvalue weighted by Crippen LogP contribution is 2.05. The standard InChI is InChI=1S/C8H11N3/c1-3-4-7-5-10-8(9)11-6(7)2/h3,5H,1,4H2,2H3,(H2,9,10,11). The van der Waals surface area contributed by atoms with E-state index in [2.05, 4.69) is 16.5 Å². The molecule has 0 amide bonds. The molecule has 0 radical (unpaired) electrons. The van der Waals surface area contributed by atoms with E-state index < -0.39 is 0 Å². The average Bonchev–Trinajstić information content (AvgIpc) is 1.95. The van der Waals surface area contributed by atoms with E-state index in [4.69, 9.17) is 5.73 Å². The maximum absolute atomic E-state index is 5.38. The summed E-state index contributed by atoms with van der Waals surface area (Å²) >= 11 is 0. The summed E-state index contributed by atoms with van der Waals surface area (Å²) < 4.78 is 0. The van der Waals surface area contributed by atoms with Crippen LogP contribution >= 0.6 is 0 Å². The molecule has 0 fully saturated rings. The Bertz CT molecular complexity index is 268. The molecule has 1 rings (SSSR count). The summed E-state index contributed by atoms with van der Waals surface area (Å²) in [5, 5.41) is 0.